The van der Waals surface area contributed by atoms with E-state index < -0.39 is 6.04 Å². The smallest absolute Gasteiger partial charge is 0.242 e. The number of carbonyl (C=O) groups excluding carboxylic acids is 3. The van der Waals surface area contributed by atoms with Gasteiger partial charge in [0.1, 0.15) is 6.04 Å². The summed E-state index contributed by atoms with van der Waals surface area (Å²) in [6, 6.07) is -0.168. The average Bonchev–Trinajstić information content (AvgIpc) is 3.08. The van der Waals surface area contributed by atoms with Crippen LogP contribution in [-0.4, -0.2) is 54.8 Å². The predicted molar refractivity (Wildman–Crippen MR) is 93.3 cm³/mol. The molecule has 3 amide bonds. The molecule has 4 N–H and O–H groups in total. The molecule has 3 aliphatic rings. The lowest BCUT2D eigenvalue weighted by Crippen LogP contribution is -2.51. The van der Waals surface area contributed by atoms with Crippen LogP contribution in [0.25, 0.3) is 0 Å². The summed E-state index contributed by atoms with van der Waals surface area (Å²) in [6.07, 6.45) is 6.62. The Bertz CT molecular complexity index is 524. The minimum Gasteiger partial charge on any atom is -0.357 e. The zero-order valence-corrected chi connectivity index (χ0v) is 15.0. The van der Waals surface area contributed by atoms with Crippen LogP contribution in [0.4, 0.5) is 0 Å². The van der Waals surface area contributed by atoms with Crippen LogP contribution in [0, 0.1) is 17.8 Å². The van der Waals surface area contributed by atoms with Crippen LogP contribution in [0.3, 0.4) is 0 Å². The van der Waals surface area contributed by atoms with Crippen LogP contribution in [0.1, 0.15) is 44.9 Å². The van der Waals surface area contributed by atoms with E-state index in [1.165, 1.54) is 6.42 Å². The lowest BCUT2D eigenvalue weighted by atomic mass is 9.65. The molecule has 7 heteroatoms. The Labute approximate surface area is 149 Å². The molecule has 1 heterocycles. The van der Waals surface area contributed by atoms with Gasteiger partial charge in [-0.25, -0.2) is 0 Å². The highest BCUT2D eigenvalue weighted by Crippen LogP contribution is 2.41. The van der Waals surface area contributed by atoms with Crippen LogP contribution >= 0.6 is 0 Å². The first kappa shape index (κ1) is 18.2. The van der Waals surface area contributed by atoms with Gasteiger partial charge < -0.3 is 21.3 Å². The molecular formula is C18H30N4O3. The van der Waals surface area contributed by atoms with Crippen LogP contribution in [0.2, 0.25) is 0 Å². The van der Waals surface area contributed by atoms with E-state index in [2.05, 4.69) is 10.6 Å². The maximum Gasteiger partial charge on any atom is 0.242 e. The first-order valence-corrected chi connectivity index (χ1v) is 9.55. The monoisotopic (exact) mass is 350 g/mol. The summed E-state index contributed by atoms with van der Waals surface area (Å²) in [5.74, 6) is 0.507. The van der Waals surface area contributed by atoms with Crippen molar-refractivity contribution in [1.82, 2.24) is 15.5 Å². The molecule has 0 radical (unpaired) electrons. The highest BCUT2D eigenvalue weighted by Gasteiger charge is 2.41. The molecule has 140 valence electrons. The van der Waals surface area contributed by atoms with Gasteiger partial charge in [-0.05, 0) is 50.4 Å². The number of nitrogens with zero attached hydrogens (tertiary/aromatic N) is 1. The second-order valence-corrected chi connectivity index (χ2v) is 7.77. The second kappa shape index (κ2) is 7.72. The van der Waals surface area contributed by atoms with Crippen molar-refractivity contribution < 1.29 is 14.4 Å². The van der Waals surface area contributed by atoms with Crippen molar-refractivity contribution >= 4 is 17.7 Å². The Kier molecular flexibility index (Phi) is 5.61. The van der Waals surface area contributed by atoms with Gasteiger partial charge in [0.2, 0.25) is 17.7 Å². The second-order valence-electron chi connectivity index (χ2n) is 7.77. The fourth-order valence-corrected chi connectivity index (χ4v) is 4.92. The molecule has 0 aromatic carbocycles. The summed E-state index contributed by atoms with van der Waals surface area (Å²) < 4.78 is 0. The van der Waals surface area contributed by atoms with Crippen molar-refractivity contribution in [2.24, 2.45) is 23.5 Å². The Morgan fingerprint density at radius 3 is 2.36 bits per heavy atom. The van der Waals surface area contributed by atoms with Crippen molar-refractivity contribution in [2.75, 3.05) is 20.1 Å². The van der Waals surface area contributed by atoms with E-state index in [0.717, 1.165) is 32.1 Å². The van der Waals surface area contributed by atoms with Crippen LogP contribution in [0.15, 0.2) is 0 Å². The largest absolute Gasteiger partial charge is 0.357 e. The van der Waals surface area contributed by atoms with E-state index in [-0.39, 0.29) is 36.2 Å². The number of fused-ring (bicyclic) bond motifs is 2. The van der Waals surface area contributed by atoms with Crippen molar-refractivity contribution in [3.8, 4) is 0 Å². The molecule has 0 spiro atoms. The normalized spacial score (nSPS) is 34.5. The van der Waals surface area contributed by atoms with Gasteiger partial charge in [-0.3, -0.25) is 14.4 Å². The topological polar surface area (TPSA) is 105 Å². The van der Waals surface area contributed by atoms with E-state index in [1.807, 2.05) is 0 Å². The van der Waals surface area contributed by atoms with Gasteiger partial charge in [-0.2, -0.15) is 0 Å². The standard InChI is InChI=1S/C18H30N4O3/c1-20-18(25)14-6-3-7-22(14)15(23)10-21-17(24)13-8-11-4-2-5-12(9-13)16(11)19/h11-14,16H,2-10,19H2,1H3,(H,20,25)(H,21,24). The third-order valence-electron chi connectivity index (χ3n) is 6.32. The van der Waals surface area contributed by atoms with Crippen molar-refractivity contribution in [3.05, 3.63) is 0 Å². The summed E-state index contributed by atoms with van der Waals surface area (Å²) >= 11 is 0. The third-order valence-corrected chi connectivity index (χ3v) is 6.32. The molecule has 7 nitrogen and oxygen atoms in total. The van der Waals surface area contributed by atoms with Crippen LogP contribution < -0.4 is 16.4 Å². The van der Waals surface area contributed by atoms with E-state index in [9.17, 15) is 14.4 Å². The number of nitrogens with one attached hydrogen (secondary N) is 2. The molecule has 25 heavy (non-hydrogen) atoms. The molecule has 0 aromatic rings. The fraction of sp³-hybridized carbons (Fsp3) is 0.833. The predicted octanol–water partition coefficient (Wildman–Crippen LogP) is -0.00680. The van der Waals surface area contributed by atoms with Crippen LogP contribution in [-0.2, 0) is 14.4 Å². The number of amides is 3. The Balaban J connectivity index is 1.50. The number of rotatable bonds is 4. The molecule has 3 rings (SSSR count). The average molecular weight is 350 g/mol. The molecule has 2 aliphatic carbocycles. The minimum atomic E-state index is -0.401. The Morgan fingerprint density at radius 2 is 1.72 bits per heavy atom. The van der Waals surface area contributed by atoms with Gasteiger partial charge in [-0.1, -0.05) is 6.42 Å². The number of hydrogen-bond donors (Lipinski definition) is 3. The molecule has 3 unspecified atom stereocenters. The molecular weight excluding hydrogens is 320 g/mol. The molecule has 2 bridgehead atoms. The molecule has 1 aliphatic heterocycles. The van der Waals surface area contributed by atoms with Crippen molar-refractivity contribution in [1.29, 1.82) is 0 Å². The van der Waals surface area contributed by atoms with E-state index in [4.69, 9.17) is 5.73 Å². The van der Waals surface area contributed by atoms with Gasteiger partial charge in [0.05, 0.1) is 6.54 Å². The van der Waals surface area contributed by atoms with Gasteiger partial charge in [0.15, 0.2) is 0 Å². The zero-order valence-electron chi connectivity index (χ0n) is 15.0. The highest BCUT2D eigenvalue weighted by molar-refractivity contribution is 5.90. The molecule has 1 saturated heterocycles. The molecule has 3 atom stereocenters. The summed E-state index contributed by atoms with van der Waals surface area (Å²) in [4.78, 5) is 38.4. The van der Waals surface area contributed by atoms with E-state index in [0.29, 0.717) is 24.8 Å². The summed E-state index contributed by atoms with van der Waals surface area (Å²) in [6.45, 7) is 0.555. The van der Waals surface area contributed by atoms with Gasteiger partial charge in [-0.15, -0.1) is 0 Å². The summed E-state index contributed by atoms with van der Waals surface area (Å²) in [5.41, 5.74) is 6.28. The van der Waals surface area contributed by atoms with Crippen molar-refractivity contribution in [3.63, 3.8) is 0 Å². The first-order valence-electron chi connectivity index (χ1n) is 9.55. The lowest BCUT2D eigenvalue weighted by Gasteiger charge is -2.43. The maximum atomic E-state index is 12.5. The number of likely N-dealkylation sites (N-methyl/N-ethyl adjacent to an activating group) is 1. The molecule has 3 fully saturated rings. The van der Waals surface area contributed by atoms with Gasteiger partial charge in [0, 0.05) is 25.6 Å². The number of likely N-dealkylation sites (tertiary alicyclic amines) is 1. The number of hydrogen-bond acceptors (Lipinski definition) is 4. The fourth-order valence-electron chi connectivity index (χ4n) is 4.92. The van der Waals surface area contributed by atoms with E-state index >= 15 is 0 Å². The van der Waals surface area contributed by atoms with Crippen molar-refractivity contribution in [2.45, 2.75) is 57.0 Å². The Morgan fingerprint density at radius 1 is 1.04 bits per heavy atom. The summed E-state index contributed by atoms with van der Waals surface area (Å²) in [5, 5.41) is 5.41. The van der Waals surface area contributed by atoms with Crippen LogP contribution in [0.5, 0.6) is 0 Å². The van der Waals surface area contributed by atoms with Gasteiger partial charge >= 0.3 is 0 Å². The molecule has 2 saturated carbocycles. The number of nitrogens with two attached hydrogens (primary N) is 1. The lowest BCUT2D eigenvalue weighted by molar-refractivity contribution is -0.139. The first-order chi connectivity index (χ1) is 12.0. The quantitative estimate of drug-likeness (QED) is 0.663. The summed E-state index contributed by atoms with van der Waals surface area (Å²) in [7, 11) is 1.58. The van der Waals surface area contributed by atoms with E-state index in [1.54, 1.807) is 11.9 Å². The zero-order chi connectivity index (χ0) is 18.0. The molecule has 0 aromatic heterocycles. The number of carbonyl (C=O) groups is 3. The maximum absolute atomic E-state index is 12.5. The SMILES string of the molecule is CNC(=O)C1CCCN1C(=O)CNC(=O)C1CC2CCCC(C1)C2N. The third kappa shape index (κ3) is 3.81. The Hall–Kier alpha value is -1.63. The minimum absolute atomic E-state index is 0.0236. The highest BCUT2D eigenvalue weighted by atomic mass is 16.2. The van der Waals surface area contributed by atoms with Gasteiger partial charge in [0.25, 0.3) is 0 Å².